The van der Waals surface area contributed by atoms with E-state index < -0.39 is 0 Å². The van der Waals surface area contributed by atoms with E-state index in [2.05, 4.69) is 27.8 Å². The minimum Gasteiger partial charge on any atom is -0.0984 e. The number of rotatable bonds is 0. The predicted molar refractivity (Wildman–Crippen MR) is 41.4 cm³/mol. The lowest BCUT2D eigenvalue weighted by Gasteiger charge is -1.87. The molecule has 2 fully saturated rings. The molecule has 0 atom stereocenters. The first-order valence-electron chi connectivity index (χ1n) is 3.50. The molecule has 0 unspecified atom stereocenters. The van der Waals surface area contributed by atoms with Crippen LogP contribution in [0.3, 0.4) is 0 Å². The summed E-state index contributed by atoms with van der Waals surface area (Å²) >= 11 is 3.57. The Morgan fingerprint density at radius 3 is 2.44 bits per heavy atom. The maximum Gasteiger partial charge on any atom is 0.0863 e. The zero-order valence-electron chi connectivity index (χ0n) is 5.28. The number of halogens is 1. The van der Waals surface area contributed by atoms with E-state index in [1.807, 2.05) is 0 Å². The molecular formula is C8H9Br. The molecule has 48 valence electrons. The summed E-state index contributed by atoms with van der Waals surface area (Å²) in [5.41, 5.74) is 0. The molecule has 2 aliphatic rings. The molecule has 0 bridgehead atoms. The molecule has 0 saturated heterocycles. The van der Waals surface area contributed by atoms with Gasteiger partial charge in [-0.2, -0.15) is 0 Å². The van der Waals surface area contributed by atoms with Gasteiger partial charge in [0.15, 0.2) is 0 Å². The second kappa shape index (κ2) is 1.76. The molecule has 0 aromatic rings. The quantitative estimate of drug-likeness (QED) is 0.401. The van der Waals surface area contributed by atoms with E-state index in [1.54, 1.807) is 0 Å². The Kier molecular flexibility index (Phi) is 1.13. The highest BCUT2D eigenvalue weighted by atomic mass is 79.9. The highest BCUT2D eigenvalue weighted by Crippen LogP contribution is 2.44. The zero-order chi connectivity index (χ0) is 6.32. The van der Waals surface area contributed by atoms with E-state index in [1.165, 1.54) is 25.7 Å². The van der Waals surface area contributed by atoms with Crippen molar-refractivity contribution in [3.63, 3.8) is 0 Å². The van der Waals surface area contributed by atoms with E-state index >= 15 is 0 Å². The lowest BCUT2D eigenvalue weighted by molar-refractivity contribution is 1.16. The summed E-state index contributed by atoms with van der Waals surface area (Å²) in [6.07, 6.45) is 5.20. The van der Waals surface area contributed by atoms with Crippen LogP contribution in [-0.2, 0) is 0 Å². The van der Waals surface area contributed by atoms with Gasteiger partial charge in [-0.3, -0.25) is 0 Å². The van der Waals surface area contributed by atoms with Gasteiger partial charge in [-0.1, -0.05) is 27.8 Å². The fraction of sp³-hybridized carbons (Fsp3) is 0.750. The van der Waals surface area contributed by atoms with E-state index in [9.17, 15) is 0 Å². The minimum atomic E-state index is 0.273. The Hall–Kier alpha value is 0.0400. The van der Waals surface area contributed by atoms with Crippen molar-refractivity contribution in [3.8, 4) is 11.8 Å². The van der Waals surface area contributed by atoms with Crippen LogP contribution >= 0.6 is 15.9 Å². The fourth-order valence-corrected chi connectivity index (χ4v) is 1.01. The Morgan fingerprint density at radius 2 is 2.00 bits per heavy atom. The first-order valence-corrected chi connectivity index (χ1v) is 4.29. The van der Waals surface area contributed by atoms with Crippen LogP contribution in [0.15, 0.2) is 0 Å². The predicted octanol–water partition coefficient (Wildman–Crippen LogP) is 2.33. The molecular weight excluding hydrogens is 176 g/mol. The van der Waals surface area contributed by atoms with Gasteiger partial charge < -0.3 is 0 Å². The van der Waals surface area contributed by atoms with Gasteiger partial charge in [0.05, 0.1) is 4.32 Å². The standard InChI is InChI=1S/C8H9Br/c9-8(5-6-8)4-3-7-1-2-7/h7H,1-2,5-6H2. The van der Waals surface area contributed by atoms with E-state index in [0.29, 0.717) is 0 Å². The summed E-state index contributed by atoms with van der Waals surface area (Å²) in [5, 5.41) is 0. The van der Waals surface area contributed by atoms with Gasteiger partial charge in [0.25, 0.3) is 0 Å². The van der Waals surface area contributed by atoms with Crippen LogP contribution in [0.1, 0.15) is 25.7 Å². The molecule has 0 radical (unpaired) electrons. The van der Waals surface area contributed by atoms with Gasteiger partial charge in [-0.15, -0.1) is 0 Å². The van der Waals surface area contributed by atoms with Crippen molar-refractivity contribution >= 4 is 15.9 Å². The van der Waals surface area contributed by atoms with Crippen LogP contribution in [0, 0.1) is 17.8 Å². The smallest absolute Gasteiger partial charge is 0.0863 e. The van der Waals surface area contributed by atoms with Gasteiger partial charge in [0.2, 0.25) is 0 Å². The van der Waals surface area contributed by atoms with Crippen LogP contribution in [-0.4, -0.2) is 4.32 Å². The maximum atomic E-state index is 3.57. The van der Waals surface area contributed by atoms with Gasteiger partial charge >= 0.3 is 0 Å². The minimum absolute atomic E-state index is 0.273. The fourth-order valence-electron chi connectivity index (χ4n) is 0.694. The molecule has 9 heavy (non-hydrogen) atoms. The van der Waals surface area contributed by atoms with E-state index in [0.717, 1.165) is 5.92 Å². The number of hydrogen-bond acceptors (Lipinski definition) is 0. The third-order valence-electron chi connectivity index (χ3n) is 1.77. The van der Waals surface area contributed by atoms with E-state index in [-0.39, 0.29) is 4.32 Å². The first-order chi connectivity index (χ1) is 4.29. The highest BCUT2D eigenvalue weighted by molar-refractivity contribution is 9.10. The molecule has 2 rings (SSSR count). The summed E-state index contributed by atoms with van der Waals surface area (Å²) in [6, 6.07) is 0. The second-order valence-electron chi connectivity index (χ2n) is 3.01. The first kappa shape index (κ1) is 5.80. The average molecular weight is 185 g/mol. The van der Waals surface area contributed by atoms with Gasteiger partial charge in [0, 0.05) is 5.92 Å². The SMILES string of the molecule is BrC1(C#CC2CC2)CC1. The monoisotopic (exact) mass is 184 g/mol. The Balaban J connectivity index is 1.94. The lowest BCUT2D eigenvalue weighted by Crippen LogP contribution is -1.87. The summed E-state index contributed by atoms with van der Waals surface area (Å²) in [6.45, 7) is 0. The number of alkyl halides is 1. The maximum absolute atomic E-state index is 3.57. The normalized spacial score (nSPS) is 28.6. The molecule has 0 aromatic carbocycles. The van der Waals surface area contributed by atoms with Gasteiger partial charge in [0.1, 0.15) is 0 Å². The topological polar surface area (TPSA) is 0 Å². The van der Waals surface area contributed by atoms with Crippen molar-refractivity contribution in [1.82, 2.24) is 0 Å². The van der Waals surface area contributed by atoms with Crippen LogP contribution < -0.4 is 0 Å². The molecule has 0 amide bonds. The molecule has 0 heterocycles. The van der Waals surface area contributed by atoms with Crippen molar-refractivity contribution < 1.29 is 0 Å². The molecule has 0 aliphatic heterocycles. The second-order valence-corrected chi connectivity index (χ2v) is 4.53. The Bertz CT molecular complexity index is 176. The average Bonchev–Trinajstić information content (AvgIpc) is 2.58. The lowest BCUT2D eigenvalue weighted by atomic mass is 10.3. The van der Waals surface area contributed by atoms with Crippen LogP contribution in [0.2, 0.25) is 0 Å². The van der Waals surface area contributed by atoms with Crippen LogP contribution in [0.25, 0.3) is 0 Å². The van der Waals surface area contributed by atoms with E-state index in [4.69, 9.17) is 0 Å². The summed E-state index contributed by atoms with van der Waals surface area (Å²) in [7, 11) is 0. The molecule has 1 heteroatoms. The Morgan fingerprint density at radius 1 is 1.33 bits per heavy atom. The van der Waals surface area contributed by atoms with Crippen LogP contribution in [0.5, 0.6) is 0 Å². The number of hydrogen-bond donors (Lipinski definition) is 0. The van der Waals surface area contributed by atoms with Crippen molar-refractivity contribution in [2.24, 2.45) is 5.92 Å². The van der Waals surface area contributed by atoms with Gasteiger partial charge in [-0.25, -0.2) is 0 Å². The largest absolute Gasteiger partial charge is 0.0984 e. The summed E-state index contributed by atoms with van der Waals surface area (Å²) in [5.74, 6) is 7.29. The Labute approximate surface area is 64.1 Å². The van der Waals surface area contributed by atoms with Gasteiger partial charge in [-0.05, 0) is 25.7 Å². The molecule has 2 aliphatic carbocycles. The highest BCUT2D eigenvalue weighted by Gasteiger charge is 2.38. The summed E-state index contributed by atoms with van der Waals surface area (Å²) < 4.78 is 0.273. The van der Waals surface area contributed by atoms with Crippen LogP contribution in [0.4, 0.5) is 0 Å². The van der Waals surface area contributed by atoms with Crippen molar-refractivity contribution in [1.29, 1.82) is 0 Å². The van der Waals surface area contributed by atoms with Crippen molar-refractivity contribution in [2.75, 3.05) is 0 Å². The molecule has 0 aromatic heterocycles. The molecule has 0 N–H and O–H groups in total. The molecule has 0 nitrogen and oxygen atoms in total. The molecule has 0 spiro atoms. The summed E-state index contributed by atoms with van der Waals surface area (Å²) in [4.78, 5) is 0. The third kappa shape index (κ3) is 1.49. The third-order valence-corrected chi connectivity index (χ3v) is 2.76. The molecule has 2 saturated carbocycles. The van der Waals surface area contributed by atoms with Crippen molar-refractivity contribution in [3.05, 3.63) is 0 Å². The zero-order valence-corrected chi connectivity index (χ0v) is 6.87. The van der Waals surface area contributed by atoms with Crippen molar-refractivity contribution in [2.45, 2.75) is 30.0 Å².